The number of fused-ring (bicyclic) bond motifs is 8. The van der Waals surface area contributed by atoms with Crippen LogP contribution in [0.5, 0.6) is 6.01 Å². The Labute approximate surface area is 458 Å². The van der Waals surface area contributed by atoms with Crippen LogP contribution in [0.2, 0.25) is 5.02 Å². The number of esters is 1. The van der Waals surface area contributed by atoms with Crippen molar-refractivity contribution in [3.63, 3.8) is 0 Å². The number of hydrogen-bond acceptors (Lipinski definition) is 16. The molecule has 3 fully saturated rings. The molecule has 17 nitrogen and oxygen atoms in total. The molecule has 12 rings (SSSR count). The maximum absolute atomic E-state index is 17.3. The normalized spacial score (nSPS) is 17.6. The van der Waals surface area contributed by atoms with E-state index in [9.17, 15) is 24.8 Å². The van der Waals surface area contributed by atoms with E-state index in [0.717, 1.165) is 61.7 Å². The van der Waals surface area contributed by atoms with E-state index < -0.39 is 47.6 Å². The Morgan fingerprint density at radius 2 is 1.81 bits per heavy atom. The molecule has 78 heavy (non-hydrogen) atoms. The number of benzene rings is 3. The van der Waals surface area contributed by atoms with Gasteiger partial charge in [0.15, 0.2) is 11.9 Å². The molecule has 23 heteroatoms. The average Bonchev–Trinajstić information content (AvgIpc) is 4.39. The number of nitrogens with zero attached hydrogens (tertiary/aromatic N) is 8. The topological polar surface area (TPSA) is 214 Å². The second-order valence-electron chi connectivity index (χ2n) is 19.6. The molecule has 0 spiro atoms. The zero-order valence-electron chi connectivity index (χ0n) is 42.5. The number of pyridine rings is 2. The Hall–Kier alpha value is -7.42. The number of ether oxygens (including phenoxy) is 3. The minimum Gasteiger partial charge on any atom is -0.461 e. The summed E-state index contributed by atoms with van der Waals surface area (Å²) in [6, 6.07) is 12.1. The van der Waals surface area contributed by atoms with Crippen molar-refractivity contribution in [3.05, 3.63) is 104 Å². The van der Waals surface area contributed by atoms with Crippen molar-refractivity contribution < 1.29 is 46.9 Å². The number of nitrogens with one attached hydrogen (secondary N) is 1. The van der Waals surface area contributed by atoms with Gasteiger partial charge < -0.3 is 39.4 Å². The number of carbonyl (C=O) groups is 3. The molecular formula is C55H50ClF3N10O7S2. The van der Waals surface area contributed by atoms with Gasteiger partial charge >= 0.3 is 18.1 Å². The predicted octanol–water partition coefficient (Wildman–Crippen LogP) is 10.1. The molecule has 2 unspecified atom stereocenters. The number of carbonyl (C=O) groups excluding carboxylic acids is 3. The number of hydrogen-bond donors (Lipinski definition) is 3. The third-order valence-electron chi connectivity index (χ3n) is 15.3. The largest absolute Gasteiger partial charge is 0.461 e. The maximum Gasteiger partial charge on any atom is 0.412 e. The number of rotatable bonds is 9. The molecule has 5 aliphatic rings. The monoisotopic (exact) mass is 1120 g/mol. The Kier molecular flexibility index (Phi) is 13.8. The van der Waals surface area contributed by atoms with Gasteiger partial charge in [0.05, 0.1) is 55.5 Å². The number of nitriles is 1. The molecule has 402 valence electrons. The van der Waals surface area contributed by atoms with Crippen LogP contribution in [0.4, 0.5) is 34.5 Å². The molecule has 2 amide bonds. The number of nitrogen functional groups attached to an aromatic ring is 1. The summed E-state index contributed by atoms with van der Waals surface area (Å²) in [5.41, 5.74) is 8.62. The summed E-state index contributed by atoms with van der Waals surface area (Å²) in [5.74, 6) is -3.22. The van der Waals surface area contributed by atoms with E-state index in [1.54, 1.807) is 17.0 Å². The molecule has 9 heterocycles. The van der Waals surface area contributed by atoms with Crippen LogP contribution in [0.1, 0.15) is 74.8 Å². The van der Waals surface area contributed by atoms with E-state index in [4.69, 9.17) is 53.7 Å². The maximum atomic E-state index is 17.3. The molecule has 4 aromatic heterocycles. The van der Waals surface area contributed by atoms with Crippen LogP contribution in [-0.2, 0) is 32.2 Å². The second-order valence-corrected chi connectivity index (χ2v) is 21.4. The standard InChI is InChI=1S/C53H44ClF3N10O7S2.C2H6/c1-24(25(2)74-52(71)61-37-16-26-15-27-21-67-38(42(27)60-36(26)19-35(37)56)18-29-32(49(67)75)22-72-50(70)44(29)68)48(69)65-13-11-64(12-14-65)47-30-17-33(54)40(28-5-6-34(55)45-39(28)31(20-58)46(59)76-45)41(57)43(30)62-51(63-47)73-23-53-7-3-9-66(53)10-4-8-53;1-2/h5-6,15-19,25,44,68H,1,3-4,7-14,21-23,59H2,2H3,(H,61,71);1-2H3. The van der Waals surface area contributed by atoms with E-state index in [-0.39, 0.29) is 109 Å². The molecule has 0 saturated carbocycles. The van der Waals surface area contributed by atoms with Gasteiger partial charge in [-0.05, 0) is 81.6 Å². The molecular weight excluding hydrogens is 1070 g/mol. The Balaban J connectivity index is 0.00000319. The number of thiophene rings is 1. The summed E-state index contributed by atoms with van der Waals surface area (Å²) in [7, 11) is 0. The molecule has 0 radical (unpaired) electrons. The second kappa shape index (κ2) is 20.4. The lowest BCUT2D eigenvalue weighted by Crippen LogP contribution is -2.50. The lowest BCUT2D eigenvalue weighted by molar-refractivity contribution is -0.157. The summed E-state index contributed by atoms with van der Waals surface area (Å²) in [6.07, 6.45) is 0.271. The van der Waals surface area contributed by atoms with E-state index in [1.807, 2.05) is 29.4 Å². The van der Waals surface area contributed by atoms with Gasteiger partial charge in [-0.25, -0.2) is 27.7 Å². The average molecular weight is 1120 g/mol. The van der Waals surface area contributed by atoms with Gasteiger partial charge in [0.25, 0.3) is 5.91 Å². The number of nitrogens with two attached hydrogens (primary N) is 1. The van der Waals surface area contributed by atoms with Gasteiger partial charge in [-0.15, -0.1) is 11.3 Å². The number of piperazine rings is 1. The fourth-order valence-electron chi connectivity index (χ4n) is 11.4. The number of aliphatic hydroxyl groups excluding tert-OH is 1. The number of aliphatic hydroxyl groups is 1. The lowest BCUT2D eigenvalue weighted by Gasteiger charge is -2.36. The Morgan fingerprint density at radius 3 is 2.54 bits per heavy atom. The summed E-state index contributed by atoms with van der Waals surface area (Å²) in [5, 5.41) is 23.9. The summed E-state index contributed by atoms with van der Waals surface area (Å²) in [6.45, 7) is 12.6. The van der Waals surface area contributed by atoms with Crippen molar-refractivity contribution >= 4 is 102 Å². The van der Waals surface area contributed by atoms with Crippen LogP contribution in [0.25, 0.3) is 54.4 Å². The highest BCUT2D eigenvalue weighted by Crippen LogP contribution is 2.47. The number of anilines is 3. The van der Waals surface area contributed by atoms with Crippen molar-refractivity contribution in [1.29, 1.82) is 5.26 Å². The third-order valence-corrected chi connectivity index (χ3v) is 17.1. The fourth-order valence-corrected chi connectivity index (χ4v) is 13.0. The molecule has 2 atom stereocenters. The van der Waals surface area contributed by atoms with Gasteiger partial charge in [0.1, 0.15) is 58.0 Å². The van der Waals surface area contributed by atoms with Crippen LogP contribution in [-0.4, -0.2) is 110 Å². The van der Waals surface area contributed by atoms with Gasteiger partial charge in [-0.1, -0.05) is 50.3 Å². The molecule has 3 aromatic carbocycles. The van der Waals surface area contributed by atoms with E-state index in [2.05, 4.69) is 21.8 Å². The smallest absolute Gasteiger partial charge is 0.412 e. The summed E-state index contributed by atoms with van der Waals surface area (Å²) >= 11 is 13.5. The van der Waals surface area contributed by atoms with E-state index >= 15 is 13.2 Å². The Morgan fingerprint density at radius 1 is 1.06 bits per heavy atom. The van der Waals surface area contributed by atoms with Gasteiger partial charge in [0.2, 0.25) is 0 Å². The first-order valence-electron chi connectivity index (χ1n) is 25.5. The molecule has 0 bridgehead atoms. The molecule has 0 aliphatic carbocycles. The van der Waals surface area contributed by atoms with Gasteiger partial charge in [0, 0.05) is 70.7 Å². The lowest BCUT2D eigenvalue weighted by atomic mass is 9.95. The summed E-state index contributed by atoms with van der Waals surface area (Å²) < 4.78 is 67.4. The first-order chi connectivity index (χ1) is 37.5. The van der Waals surface area contributed by atoms with Crippen LogP contribution in [0.15, 0.2) is 54.6 Å². The molecule has 4 N–H and O–H groups in total. The number of aromatic nitrogens is 4. The highest BCUT2D eigenvalue weighted by atomic mass is 35.5. The number of amides is 2. The molecule has 3 saturated heterocycles. The zero-order chi connectivity index (χ0) is 55.1. The van der Waals surface area contributed by atoms with Crippen LogP contribution >= 0.6 is 35.2 Å². The number of cyclic esters (lactones) is 1. The van der Waals surface area contributed by atoms with Crippen molar-refractivity contribution in [1.82, 2.24) is 29.3 Å². The first kappa shape index (κ1) is 52.6. The van der Waals surface area contributed by atoms with Gasteiger partial charge in [-0.3, -0.25) is 15.0 Å². The quantitative estimate of drug-likeness (QED) is 0.0697. The third kappa shape index (κ3) is 8.81. The highest BCUT2D eigenvalue weighted by Gasteiger charge is 2.45. The van der Waals surface area contributed by atoms with Crippen LogP contribution < -0.4 is 20.7 Å². The van der Waals surface area contributed by atoms with Gasteiger partial charge in [-0.2, -0.15) is 15.2 Å². The van der Waals surface area contributed by atoms with E-state index in [0.29, 0.717) is 51.5 Å². The molecule has 7 aromatic rings. The predicted molar refractivity (Wildman–Crippen MR) is 291 cm³/mol. The van der Waals surface area contributed by atoms with Crippen LogP contribution in [0.3, 0.4) is 0 Å². The van der Waals surface area contributed by atoms with Crippen molar-refractivity contribution in [2.45, 2.75) is 77.4 Å². The SMILES string of the molecule is C=C(C(=O)N1CCN(c2nc(OCC34CCCN3CCC4)nc3c(F)c(-c4ccc(F)c5sc(N)c(C#N)c45)c(Cl)cc23)CC1)C(C)OC(=O)Nc1cc2cc3c(nc2cc1F)-c1cc2c(c(=S)n1C3)COC(=O)C2O.CC. The minimum absolute atomic E-state index is 0.00648. The van der Waals surface area contributed by atoms with E-state index in [1.165, 1.54) is 31.2 Å². The Bertz CT molecular complexity index is 3830. The number of halogens is 4. The minimum atomic E-state index is -1.50. The highest BCUT2D eigenvalue weighted by molar-refractivity contribution is 7.71. The molecule has 5 aliphatic heterocycles. The van der Waals surface area contributed by atoms with Crippen molar-refractivity contribution in [3.8, 4) is 34.6 Å². The fraction of sp³-hybridized carbons (Fsp3) is 0.345. The van der Waals surface area contributed by atoms with Crippen LogP contribution in [0, 0.1) is 33.4 Å². The van der Waals surface area contributed by atoms with Crippen molar-refractivity contribution in [2.75, 3.05) is 61.8 Å². The first-order valence-corrected chi connectivity index (χ1v) is 27.1. The van der Waals surface area contributed by atoms with Crippen molar-refractivity contribution in [2.24, 2.45) is 0 Å². The zero-order valence-corrected chi connectivity index (χ0v) is 44.9. The summed E-state index contributed by atoms with van der Waals surface area (Å²) in [4.78, 5) is 59.3.